The predicted octanol–water partition coefficient (Wildman–Crippen LogP) is 5.18. The van der Waals surface area contributed by atoms with Gasteiger partial charge in [0.2, 0.25) is 5.91 Å². The molecule has 148 valence electrons. The van der Waals surface area contributed by atoms with Gasteiger partial charge in [-0.05, 0) is 19.3 Å². The summed E-state index contributed by atoms with van der Waals surface area (Å²) >= 11 is 1.14. The number of carbonyl (C=O) groups excluding carboxylic acids is 2. The first-order chi connectivity index (χ1) is 12.6. The van der Waals surface area contributed by atoms with Crippen LogP contribution in [0.5, 0.6) is 0 Å². The zero-order valence-corrected chi connectivity index (χ0v) is 17.0. The Morgan fingerprint density at radius 3 is 2.19 bits per heavy atom. The zero-order chi connectivity index (χ0) is 19.0. The first kappa shape index (κ1) is 23.0. The maximum Gasteiger partial charge on any atom is 0.286 e. The van der Waals surface area contributed by atoms with E-state index < -0.39 is 6.10 Å². The largest absolute Gasteiger partial charge is 0.380 e. The summed E-state index contributed by atoms with van der Waals surface area (Å²) in [6.45, 7) is 2.12. The van der Waals surface area contributed by atoms with Crippen LogP contribution in [0, 0.1) is 11.8 Å². The normalized spacial score (nSPS) is 17.7. The van der Waals surface area contributed by atoms with Gasteiger partial charge in [0.1, 0.15) is 6.10 Å². The number of rotatable bonds is 14. The van der Waals surface area contributed by atoms with E-state index in [9.17, 15) is 14.7 Å². The highest BCUT2D eigenvalue weighted by Gasteiger charge is 2.30. The lowest BCUT2D eigenvalue weighted by Gasteiger charge is -2.05. The van der Waals surface area contributed by atoms with E-state index in [1.165, 1.54) is 38.5 Å². The number of hydrogen-bond donors (Lipinski definition) is 2. The van der Waals surface area contributed by atoms with Crippen LogP contribution in [0.2, 0.25) is 0 Å². The van der Waals surface area contributed by atoms with Crippen molar-refractivity contribution in [3.05, 3.63) is 0 Å². The first-order valence-corrected chi connectivity index (χ1v) is 11.2. The number of carbonyl (C=O) groups is 2. The van der Waals surface area contributed by atoms with Gasteiger partial charge < -0.3 is 5.11 Å². The molecule has 1 saturated heterocycles. The zero-order valence-electron chi connectivity index (χ0n) is 16.2. The Bertz CT molecular complexity index is 470. The fourth-order valence-electron chi connectivity index (χ4n) is 3.02. The van der Waals surface area contributed by atoms with Gasteiger partial charge >= 0.3 is 0 Å². The third-order valence-electron chi connectivity index (χ3n) is 4.63. The number of unbranched alkanes of at least 4 members (excludes halogenated alkanes) is 10. The number of aliphatic hydroxyl groups is 1. The van der Waals surface area contributed by atoms with Crippen molar-refractivity contribution in [1.29, 1.82) is 0 Å². The Balaban J connectivity index is 1.82. The van der Waals surface area contributed by atoms with Crippen LogP contribution in [0.15, 0.2) is 0 Å². The van der Waals surface area contributed by atoms with Crippen molar-refractivity contribution in [3.63, 3.8) is 0 Å². The van der Waals surface area contributed by atoms with Crippen molar-refractivity contribution in [2.75, 3.05) is 0 Å². The molecular weight excluding hydrogens is 346 g/mol. The maximum atomic E-state index is 11.4. The summed E-state index contributed by atoms with van der Waals surface area (Å²) in [5.41, 5.74) is 0. The highest BCUT2D eigenvalue weighted by atomic mass is 32.2. The number of aliphatic hydroxyl groups excluding tert-OH is 1. The fraction of sp³-hybridized carbons (Fsp3) is 0.810. The number of thioether (sulfide) groups is 1. The summed E-state index contributed by atoms with van der Waals surface area (Å²) in [6.07, 6.45) is 15.1. The molecule has 0 aromatic rings. The summed E-state index contributed by atoms with van der Waals surface area (Å²) in [4.78, 5) is 22.5. The van der Waals surface area contributed by atoms with Crippen LogP contribution >= 0.6 is 11.8 Å². The average molecular weight is 382 g/mol. The van der Waals surface area contributed by atoms with Gasteiger partial charge in [-0.1, -0.05) is 88.8 Å². The van der Waals surface area contributed by atoms with Crippen molar-refractivity contribution in [3.8, 4) is 11.8 Å². The molecule has 1 rings (SSSR count). The van der Waals surface area contributed by atoms with E-state index in [1.54, 1.807) is 0 Å². The predicted molar refractivity (Wildman–Crippen MR) is 109 cm³/mol. The second-order valence-electron chi connectivity index (χ2n) is 7.08. The Labute approximate surface area is 163 Å². The molecule has 0 saturated carbocycles. The van der Waals surface area contributed by atoms with Gasteiger partial charge in [0, 0.05) is 6.42 Å². The van der Waals surface area contributed by atoms with Gasteiger partial charge in [0.25, 0.3) is 5.24 Å². The van der Waals surface area contributed by atoms with Crippen molar-refractivity contribution in [1.82, 2.24) is 5.32 Å². The molecule has 1 aliphatic heterocycles. The van der Waals surface area contributed by atoms with Crippen molar-refractivity contribution < 1.29 is 14.7 Å². The highest BCUT2D eigenvalue weighted by Crippen LogP contribution is 2.24. The number of nitrogens with one attached hydrogen (secondary N) is 1. The smallest absolute Gasteiger partial charge is 0.286 e. The minimum absolute atomic E-state index is 0.111. The molecule has 1 aliphatic rings. The van der Waals surface area contributed by atoms with E-state index >= 15 is 0 Å². The molecule has 0 aliphatic carbocycles. The minimum Gasteiger partial charge on any atom is -0.380 e. The second kappa shape index (κ2) is 15.1. The van der Waals surface area contributed by atoms with E-state index in [0.29, 0.717) is 0 Å². The second-order valence-corrected chi connectivity index (χ2v) is 8.26. The lowest BCUT2D eigenvalue weighted by molar-refractivity contribution is -0.119. The molecule has 1 heterocycles. The molecule has 0 spiro atoms. The van der Waals surface area contributed by atoms with Crippen LogP contribution in [0.4, 0.5) is 4.79 Å². The van der Waals surface area contributed by atoms with E-state index in [4.69, 9.17) is 0 Å². The number of amides is 2. The quantitative estimate of drug-likeness (QED) is 0.321. The highest BCUT2D eigenvalue weighted by molar-refractivity contribution is 8.15. The van der Waals surface area contributed by atoms with Gasteiger partial charge in [0.05, 0.1) is 5.25 Å². The molecule has 4 nitrogen and oxygen atoms in total. The van der Waals surface area contributed by atoms with Crippen LogP contribution < -0.4 is 5.32 Å². The van der Waals surface area contributed by atoms with Crippen LogP contribution in [0.1, 0.15) is 96.8 Å². The summed E-state index contributed by atoms with van der Waals surface area (Å²) in [5.74, 6) is 5.92. The van der Waals surface area contributed by atoms with E-state index in [2.05, 4.69) is 24.1 Å². The molecule has 1 unspecified atom stereocenters. The van der Waals surface area contributed by atoms with Gasteiger partial charge in [-0.3, -0.25) is 14.9 Å². The number of imide groups is 1. The van der Waals surface area contributed by atoms with Crippen LogP contribution in [0.3, 0.4) is 0 Å². The lowest BCUT2D eigenvalue weighted by Crippen LogP contribution is -2.23. The molecule has 5 heteroatoms. The molecule has 2 amide bonds. The van der Waals surface area contributed by atoms with Crippen molar-refractivity contribution in [2.45, 2.75) is 108 Å². The van der Waals surface area contributed by atoms with Gasteiger partial charge in [-0.15, -0.1) is 5.92 Å². The van der Waals surface area contributed by atoms with Crippen molar-refractivity contribution in [2.24, 2.45) is 0 Å². The third kappa shape index (κ3) is 11.6. The van der Waals surface area contributed by atoms with Gasteiger partial charge in [-0.2, -0.15) is 0 Å². The fourth-order valence-corrected chi connectivity index (χ4v) is 3.89. The Kier molecular flexibility index (Phi) is 13.4. The SMILES string of the molecule is CCCCC(O)C#CCCCCCCCCCCC[C@H]1SC(=O)NC1=O. The maximum absolute atomic E-state index is 11.4. The molecule has 2 atom stereocenters. The van der Waals surface area contributed by atoms with Gasteiger partial charge in [-0.25, -0.2) is 0 Å². The summed E-state index contributed by atoms with van der Waals surface area (Å²) in [6, 6.07) is 0. The molecular formula is C21H35NO3S. The van der Waals surface area contributed by atoms with Crippen molar-refractivity contribution >= 4 is 22.9 Å². The van der Waals surface area contributed by atoms with Crippen LogP contribution in [0.25, 0.3) is 0 Å². The number of hydrogen-bond acceptors (Lipinski definition) is 4. The molecule has 0 aromatic heterocycles. The standard InChI is InChI=1S/C21H35NO3S/c1-2-3-15-18(23)16-13-11-9-7-5-4-6-8-10-12-14-17-19-20(24)22-21(25)26-19/h18-19,23H,2-12,14-15,17H2,1H3,(H,22,24,25)/t18?,19-/m1/s1. The van der Waals surface area contributed by atoms with E-state index in [1.807, 2.05) is 0 Å². The third-order valence-corrected chi connectivity index (χ3v) is 5.69. The lowest BCUT2D eigenvalue weighted by atomic mass is 10.0. The Morgan fingerprint density at radius 1 is 1.00 bits per heavy atom. The first-order valence-electron chi connectivity index (χ1n) is 10.3. The molecule has 0 radical (unpaired) electrons. The topological polar surface area (TPSA) is 66.4 Å². The van der Waals surface area contributed by atoms with Crippen LogP contribution in [-0.4, -0.2) is 27.6 Å². The molecule has 1 fully saturated rings. The summed E-state index contributed by atoms with van der Waals surface area (Å²) < 4.78 is 0. The molecule has 26 heavy (non-hydrogen) atoms. The van der Waals surface area contributed by atoms with E-state index in [0.717, 1.165) is 63.1 Å². The summed E-state index contributed by atoms with van der Waals surface area (Å²) in [5, 5.41) is 11.6. The van der Waals surface area contributed by atoms with Gasteiger partial charge in [0.15, 0.2) is 0 Å². The molecule has 0 bridgehead atoms. The Hall–Kier alpha value is -0.990. The average Bonchev–Trinajstić information content (AvgIpc) is 2.94. The van der Waals surface area contributed by atoms with Crippen LogP contribution in [-0.2, 0) is 4.79 Å². The minimum atomic E-state index is -0.433. The summed E-state index contributed by atoms with van der Waals surface area (Å²) in [7, 11) is 0. The Morgan fingerprint density at radius 2 is 1.62 bits per heavy atom. The monoisotopic (exact) mass is 381 g/mol. The molecule has 2 N–H and O–H groups in total. The molecule has 0 aromatic carbocycles. The van der Waals surface area contributed by atoms with E-state index in [-0.39, 0.29) is 16.4 Å².